The van der Waals surface area contributed by atoms with Crippen molar-refractivity contribution in [3.63, 3.8) is 0 Å². The predicted molar refractivity (Wildman–Crippen MR) is 67.2 cm³/mol. The Morgan fingerprint density at radius 2 is 2.12 bits per heavy atom. The summed E-state index contributed by atoms with van der Waals surface area (Å²) in [7, 11) is 1.41. The minimum absolute atomic E-state index is 0.0255. The van der Waals surface area contributed by atoms with Gasteiger partial charge in [0, 0.05) is 11.6 Å². The summed E-state index contributed by atoms with van der Waals surface area (Å²) in [6.45, 7) is 1.76. The second-order valence-electron chi connectivity index (χ2n) is 4.16. The highest BCUT2D eigenvalue weighted by molar-refractivity contribution is 9.10. The topological polar surface area (TPSA) is 41.5 Å². The molecule has 1 aliphatic heterocycles. The van der Waals surface area contributed by atoms with Gasteiger partial charge in [-0.3, -0.25) is 0 Å². The Hall–Kier alpha value is -0.810. The summed E-state index contributed by atoms with van der Waals surface area (Å²) >= 11 is 3.27. The molecule has 0 amide bonds. The Bertz CT molecular complexity index is 419. The van der Waals surface area contributed by atoms with E-state index in [4.69, 9.17) is 4.74 Å². The van der Waals surface area contributed by atoms with Gasteiger partial charge >= 0.3 is 0 Å². The average Bonchev–Trinajstić information content (AvgIpc) is 2.35. The van der Waals surface area contributed by atoms with Gasteiger partial charge in [-0.1, -0.05) is 0 Å². The number of rotatable bonds is 2. The van der Waals surface area contributed by atoms with Gasteiger partial charge in [0.05, 0.1) is 11.6 Å². The van der Waals surface area contributed by atoms with Crippen LogP contribution >= 0.6 is 15.9 Å². The molecular weight excluding hydrogens is 289 g/mol. The molecule has 94 valence electrons. The third-order valence-electron chi connectivity index (χ3n) is 3.16. The Labute approximate surface area is 108 Å². The number of phenols is 1. The van der Waals surface area contributed by atoms with Crippen LogP contribution in [-0.4, -0.2) is 25.3 Å². The standard InChI is InChI=1S/C12H15BrFNO2/c1-17-9-6-8(14)10(11(13)12(9)16)7-2-4-15-5-3-7/h6-7,15-16H,2-5H2,1H3. The van der Waals surface area contributed by atoms with E-state index < -0.39 is 0 Å². The number of halogens is 2. The average molecular weight is 304 g/mol. The summed E-state index contributed by atoms with van der Waals surface area (Å²) in [5.41, 5.74) is 0.560. The van der Waals surface area contributed by atoms with Gasteiger partial charge in [0.1, 0.15) is 5.82 Å². The van der Waals surface area contributed by atoms with Crippen LogP contribution in [0.4, 0.5) is 4.39 Å². The lowest BCUT2D eigenvalue weighted by Crippen LogP contribution is -2.27. The summed E-state index contributed by atoms with van der Waals surface area (Å²) in [6, 6.07) is 1.25. The van der Waals surface area contributed by atoms with Crippen LogP contribution in [0.3, 0.4) is 0 Å². The van der Waals surface area contributed by atoms with E-state index in [1.807, 2.05) is 0 Å². The largest absolute Gasteiger partial charge is 0.503 e. The molecule has 0 aliphatic carbocycles. The minimum atomic E-state index is -0.321. The molecule has 0 spiro atoms. The number of methoxy groups -OCH3 is 1. The molecule has 1 aliphatic rings. The fourth-order valence-electron chi connectivity index (χ4n) is 2.24. The van der Waals surface area contributed by atoms with E-state index in [9.17, 15) is 9.50 Å². The first-order chi connectivity index (χ1) is 8.15. The highest BCUT2D eigenvalue weighted by atomic mass is 79.9. The number of hydrogen-bond acceptors (Lipinski definition) is 3. The van der Waals surface area contributed by atoms with Gasteiger partial charge in [-0.05, 0) is 47.8 Å². The molecule has 1 aromatic rings. The monoisotopic (exact) mass is 303 g/mol. The van der Waals surface area contributed by atoms with Gasteiger partial charge in [0.2, 0.25) is 0 Å². The quantitative estimate of drug-likeness (QED) is 0.883. The predicted octanol–water partition coefficient (Wildman–Crippen LogP) is 2.77. The molecule has 0 saturated carbocycles. The Morgan fingerprint density at radius 3 is 2.71 bits per heavy atom. The molecule has 0 aromatic heterocycles. The van der Waals surface area contributed by atoms with Gasteiger partial charge in [-0.2, -0.15) is 0 Å². The van der Waals surface area contributed by atoms with Gasteiger partial charge in [-0.15, -0.1) is 0 Å². The van der Waals surface area contributed by atoms with Crippen molar-refractivity contribution < 1.29 is 14.2 Å². The number of hydrogen-bond donors (Lipinski definition) is 2. The highest BCUT2D eigenvalue weighted by Crippen LogP contribution is 2.43. The summed E-state index contributed by atoms with van der Waals surface area (Å²) in [4.78, 5) is 0. The minimum Gasteiger partial charge on any atom is -0.503 e. The Balaban J connectivity index is 2.42. The van der Waals surface area contributed by atoms with Gasteiger partial charge in [-0.25, -0.2) is 4.39 Å². The van der Waals surface area contributed by atoms with E-state index in [2.05, 4.69) is 21.2 Å². The van der Waals surface area contributed by atoms with Gasteiger partial charge in [0.25, 0.3) is 0 Å². The second kappa shape index (κ2) is 5.23. The van der Waals surface area contributed by atoms with Crippen LogP contribution in [-0.2, 0) is 0 Å². The number of aromatic hydroxyl groups is 1. The summed E-state index contributed by atoms with van der Waals surface area (Å²) < 4.78 is 19.4. The van der Waals surface area contributed by atoms with Crippen LogP contribution in [0, 0.1) is 5.82 Å². The van der Waals surface area contributed by atoms with Crippen LogP contribution in [0.25, 0.3) is 0 Å². The lowest BCUT2D eigenvalue weighted by molar-refractivity contribution is 0.364. The van der Waals surface area contributed by atoms with Crippen molar-refractivity contribution in [1.29, 1.82) is 0 Å². The normalized spacial score (nSPS) is 17.1. The van der Waals surface area contributed by atoms with Gasteiger partial charge < -0.3 is 15.2 Å². The molecule has 2 rings (SSSR count). The Kier molecular flexibility index (Phi) is 3.89. The fourth-order valence-corrected chi connectivity index (χ4v) is 2.95. The van der Waals surface area contributed by atoms with Crippen LogP contribution in [0.2, 0.25) is 0 Å². The second-order valence-corrected chi connectivity index (χ2v) is 4.95. The lowest BCUT2D eigenvalue weighted by Gasteiger charge is -2.25. The highest BCUT2D eigenvalue weighted by Gasteiger charge is 2.25. The van der Waals surface area contributed by atoms with Crippen LogP contribution in [0.1, 0.15) is 24.3 Å². The zero-order chi connectivity index (χ0) is 12.4. The van der Waals surface area contributed by atoms with Gasteiger partial charge in [0.15, 0.2) is 11.5 Å². The van der Waals surface area contributed by atoms with Crippen molar-refractivity contribution in [3.8, 4) is 11.5 Å². The molecule has 1 heterocycles. The summed E-state index contributed by atoms with van der Waals surface area (Å²) in [5.74, 6) is -0.0460. The molecule has 1 fully saturated rings. The molecule has 5 heteroatoms. The van der Waals surface area contributed by atoms with Crippen LogP contribution < -0.4 is 10.1 Å². The van der Waals surface area contributed by atoms with Crippen molar-refractivity contribution in [3.05, 3.63) is 21.9 Å². The molecule has 1 saturated heterocycles. The number of ether oxygens (including phenoxy) is 1. The fraction of sp³-hybridized carbons (Fsp3) is 0.500. The first-order valence-corrected chi connectivity index (χ1v) is 6.40. The van der Waals surface area contributed by atoms with E-state index in [1.54, 1.807) is 0 Å². The molecule has 0 unspecified atom stereocenters. The molecule has 0 radical (unpaired) electrons. The van der Waals surface area contributed by atoms with Crippen LogP contribution in [0.5, 0.6) is 11.5 Å². The summed E-state index contributed by atoms with van der Waals surface area (Å²) in [6.07, 6.45) is 1.75. The third-order valence-corrected chi connectivity index (χ3v) is 3.96. The number of phenolic OH excluding ortho intramolecular Hbond substituents is 1. The van der Waals surface area contributed by atoms with Crippen molar-refractivity contribution in [2.75, 3.05) is 20.2 Å². The molecule has 0 atom stereocenters. The van der Waals surface area contributed by atoms with E-state index in [-0.39, 0.29) is 23.2 Å². The first kappa shape index (κ1) is 12.6. The van der Waals surface area contributed by atoms with E-state index in [0.717, 1.165) is 25.9 Å². The maximum absolute atomic E-state index is 14.0. The molecule has 1 aromatic carbocycles. The number of benzene rings is 1. The van der Waals surface area contributed by atoms with E-state index in [0.29, 0.717) is 10.0 Å². The molecule has 2 N–H and O–H groups in total. The third kappa shape index (κ3) is 2.40. The SMILES string of the molecule is COc1cc(F)c(C2CCNCC2)c(Br)c1O. The molecule has 3 nitrogen and oxygen atoms in total. The van der Waals surface area contributed by atoms with Crippen molar-refractivity contribution in [2.24, 2.45) is 0 Å². The van der Waals surface area contributed by atoms with Crippen molar-refractivity contribution >= 4 is 15.9 Å². The zero-order valence-electron chi connectivity index (χ0n) is 9.59. The number of nitrogens with one attached hydrogen (secondary N) is 1. The van der Waals surface area contributed by atoms with Crippen LogP contribution in [0.15, 0.2) is 10.5 Å². The van der Waals surface area contributed by atoms with Crippen molar-refractivity contribution in [1.82, 2.24) is 5.32 Å². The molecule has 17 heavy (non-hydrogen) atoms. The maximum atomic E-state index is 14.0. The van der Waals surface area contributed by atoms with E-state index >= 15 is 0 Å². The number of piperidine rings is 1. The zero-order valence-corrected chi connectivity index (χ0v) is 11.2. The maximum Gasteiger partial charge on any atom is 0.172 e. The lowest BCUT2D eigenvalue weighted by atomic mass is 9.89. The first-order valence-electron chi connectivity index (χ1n) is 5.60. The van der Waals surface area contributed by atoms with Crippen molar-refractivity contribution in [2.45, 2.75) is 18.8 Å². The summed E-state index contributed by atoms with van der Waals surface area (Å²) in [5, 5.41) is 13.1. The Morgan fingerprint density at radius 1 is 1.47 bits per heavy atom. The molecular formula is C12H15BrFNO2. The molecule has 0 bridgehead atoms. The van der Waals surface area contributed by atoms with E-state index in [1.165, 1.54) is 13.2 Å². The smallest absolute Gasteiger partial charge is 0.172 e.